The third kappa shape index (κ3) is 5.36. The number of methoxy groups -OCH3 is 1. The van der Waals surface area contributed by atoms with Gasteiger partial charge >= 0.3 is 6.03 Å². The molecular formula is C19H30N4O4S. The number of rotatable bonds is 8. The lowest BCUT2D eigenvalue weighted by Gasteiger charge is -2.20. The molecule has 28 heavy (non-hydrogen) atoms. The second kappa shape index (κ2) is 8.67. The molecule has 1 saturated carbocycles. The number of benzene rings is 1. The largest absolute Gasteiger partial charge is 0.495 e. The van der Waals surface area contributed by atoms with Crippen LogP contribution in [0.4, 0.5) is 10.5 Å². The van der Waals surface area contributed by atoms with E-state index in [0.717, 1.165) is 32.4 Å². The average molecular weight is 411 g/mol. The van der Waals surface area contributed by atoms with E-state index >= 15 is 0 Å². The first-order valence-corrected chi connectivity index (χ1v) is 11.3. The van der Waals surface area contributed by atoms with E-state index in [1.807, 2.05) is 0 Å². The number of ether oxygens (including phenoxy) is 1. The van der Waals surface area contributed by atoms with Gasteiger partial charge in [-0.25, -0.2) is 17.9 Å². The van der Waals surface area contributed by atoms with Crippen molar-refractivity contribution in [2.75, 3.05) is 32.1 Å². The summed E-state index contributed by atoms with van der Waals surface area (Å²) in [6, 6.07) is 4.62. The summed E-state index contributed by atoms with van der Waals surface area (Å²) in [5, 5.41) is 5.61. The molecule has 0 bridgehead atoms. The molecule has 1 aromatic rings. The molecule has 1 aromatic carbocycles. The van der Waals surface area contributed by atoms with Gasteiger partial charge in [0.05, 0.1) is 17.7 Å². The molecule has 3 rings (SSSR count). The van der Waals surface area contributed by atoms with Gasteiger partial charge in [0.1, 0.15) is 5.75 Å². The number of anilines is 1. The SMILES string of the molecule is COc1ccc(S(=O)(=O)NC2CC2)cc1NC(=O)NCC1CCN(C(C)C)C1. The predicted octanol–water partition coefficient (Wildman–Crippen LogP) is 1.99. The topological polar surface area (TPSA) is 99.8 Å². The standard InChI is InChI=1S/C19H30N4O4S/c1-13(2)23-9-8-14(12-23)11-20-19(24)21-17-10-16(6-7-18(17)27-3)28(25,26)22-15-4-5-15/h6-7,10,13-15,22H,4-5,8-9,11-12H2,1-3H3,(H2,20,21,24). The summed E-state index contributed by atoms with van der Waals surface area (Å²) in [5.74, 6) is 0.830. The number of hydrogen-bond acceptors (Lipinski definition) is 5. The number of likely N-dealkylation sites (tertiary alicyclic amines) is 1. The van der Waals surface area contributed by atoms with Crippen LogP contribution in [0.25, 0.3) is 0 Å². The molecule has 1 unspecified atom stereocenters. The number of carbonyl (C=O) groups is 1. The summed E-state index contributed by atoms with van der Waals surface area (Å²) in [6.45, 7) is 6.95. The molecule has 1 saturated heterocycles. The molecule has 1 aliphatic heterocycles. The second-order valence-corrected chi connectivity index (χ2v) is 9.55. The minimum Gasteiger partial charge on any atom is -0.495 e. The molecule has 0 spiro atoms. The van der Waals surface area contributed by atoms with Crippen LogP contribution in [-0.4, -0.2) is 58.2 Å². The van der Waals surface area contributed by atoms with Gasteiger partial charge in [-0.2, -0.15) is 0 Å². The lowest BCUT2D eigenvalue weighted by atomic mass is 10.1. The molecule has 8 nitrogen and oxygen atoms in total. The van der Waals surface area contributed by atoms with Crippen molar-refractivity contribution in [2.45, 2.75) is 50.1 Å². The first-order valence-electron chi connectivity index (χ1n) is 9.77. The Bertz CT molecular complexity index is 808. The van der Waals surface area contributed by atoms with Crippen LogP contribution < -0.4 is 20.1 Å². The van der Waals surface area contributed by atoms with Crippen molar-refractivity contribution >= 4 is 21.7 Å². The maximum absolute atomic E-state index is 12.4. The van der Waals surface area contributed by atoms with Gasteiger partial charge in [-0.3, -0.25) is 0 Å². The summed E-state index contributed by atoms with van der Waals surface area (Å²) >= 11 is 0. The van der Waals surface area contributed by atoms with Crippen LogP contribution in [0.3, 0.4) is 0 Å². The Hall–Kier alpha value is -1.84. The quantitative estimate of drug-likeness (QED) is 0.609. The Morgan fingerprint density at radius 3 is 2.64 bits per heavy atom. The van der Waals surface area contributed by atoms with E-state index in [1.54, 1.807) is 6.07 Å². The molecule has 0 radical (unpaired) electrons. The van der Waals surface area contributed by atoms with E-state index in [4.69, 9.17) is 4.74 Å². The third-order valence-electron chi connectivity index (χ3n) is 5.23. The zero-order valence-electron chi connectivity index (χ0n) is 16.7. The highest BCUT2D eigenvalue weighted by Crippen LogP contribution is 2.29. The van der Waals surface area contributed by atoms with E-state index in [-0.39, 0.29) is 17.0 Å². The maximum atomic E-state index is 12.4. The number of carbonyl (C=O) groups excluding carboxylic acids is 1. The van der Waals surface area contributed by atoms with Crippen molar-refractivity contribution in [2.24, 2.45) is 5.92 Å². The van der Waals surface area contributed by atoms with Gasteiger partial charge in [0.25, 0.3) is 0 Å². The number of nitrogens with one attached hydrogen (secondary N) is 3. The van der Waals surface area contributed by atoms with Gasteiger partial charge < -0.3 is 20.3 Å². The van der Waals surface area contributed by atoms with E-state index in [9.17, 15) is 13.2 Å². The predicted molar refractivity (Wildman–Crippen MR) is 108 cm³/mol. The molecule has 2 aliphatic rings. The molecule has 156 valence electrons. The molecule has 2 amide bonds. The monoisotopic (exact) mass is 410 g/mol. The summed E-state index contributed by atoms with van der Waals surface area (Å²) in [4.78, 5) is 14.9. The first-order chi connectivity index (χ1) is 13.3. The Morgan fingerprint density at radius 2 is 2.04 bits per heavy atom. The van der Waals surface area contributed by atoms with Crippen molar-refractivity contribution in [1.29, 1.82) is 0 Å². The molecule has 3 N–H and O–H groups in total. The van der Waals surface area contributed by atoms with Gasteiger partial charge in [-0.1, -0.05) is 0 Å². The zero-order chi connectivity index (χ0) is 20.3. The highest BCUT2D eigenvalue weighted by atomic mass is 32.2. The average Bonchev–Trinajstić information content (AvgIpc) is 3.31. The fourth-order valence-electron chi connectivity index (χ4n) is 3.34. The Morgan fingerprint density at radius 1 is 1.29 bits per heavy atom. The molecular weight excluding hydrogens is 380 g/mol. The molecule has 0 aromatic heterocycles. The number of sulfonamides is 1. The van der Waals surface area contributed by atoms with Crippen LogP contribution in [0.1, 0.15) is 33.1 Å². The lowest BCUT2D eigenvalue weighted by Crippen LogP contribution is -2.35. The highest BCUT2D eigenvalue weighted by Gasteiger charge is 2.29. The van der Waals surface area contributed by atoms with E-state index in [2.05, 4.69) is 34.1 Å². The van der Waals surface area contributed by atoms with Gasteiger partial charge in [0.15, 0.2) is 0 Å². The summed E-state index contributed by atoms with van der Waals surface area (Å²) in [7, 11) is -2.12. The summed E-state index contributed by atoms with van der Waals surface area (Å²) < 4.78 is 32.7. The van der Waals surface area contributed by atoms with Crippen LogP contribution >= 0.6 is 0 Å². The molecule has 1 aliphatic carbocycles. The molecule has 2 fully saturated rings. The minimum absolute atomic E-state index is 0.0172. The van der Waals surface area contributed by atoms with E-state index in [1.165, 1.54) is 19.2 Å². The summed E-state index contributed by atoms with van der Waals surface area (Å²) in [6.07, 6.45) is 2.78. The van der Waals surface area contributed by atoms with Crippen LogP contribution in [0.15, 0.2) is 23.1 Å². The fourth-order valence-corrected chi connectivity index (χ4v) is 4.67. The normalized spacial score (nSPS) is 20.4. The molecule has 1 atom stereocenters. The smallest absolute Gasteiger partial charge is 0.319 e. The first kappa shape index (κ1) is 20.9. The van der Waals surface area contributed by atoms with Crippen LogP contribution in [0, 0.1) is 5.92 Å². The second-order valence-electron chi connectivity index (χ2n) is 7.84. The Balaban J connectivity index is 1.60. The highest BCUT2D eigenvalue weighted by molar-refractivity contribution is 7.89. The summed E-state index contributed by atoms with van der Waals surface area (Å²) in [5.41, 5.74) is 0.328. The van der Waals surface area contributed by atoms with Gasteiger partial charge in [-0.05, 0) is 63.8 Å². The van der Waals surface area contributed by atoms with Crippen molar-refractivity contribution in [3.63, 3.8) is 0 Å². The number of hydrogen-bond donors (Lipinski definition) is 3. The fraction of sp³-hybridized carbons (Fsp3) is 0.632. The van der Waals surface area contributed by atoms with E-state index < -0.39 is 10.0 Å². The minimum atomic E-state index is -3.60. The Kier molecular flexibility index (Phi) is 6.47. The van der Waals surface area contributed by atoms with Gasteiger partial charge in [-0.15, -0.1) is 0 Å². The van der Waals surface area contributed by atoms with Crippen LogP contribution in [0.2, 0.25) is 0 Å². The number of nitrogens with zero attached hydrogens (tertiary/aromatic N) is 1. The van der Waals surface area contributed by atoms with Gasteiger partial charge in [0.2, 0.25) is 10.0 Å². The number of urea groups is 1. The molecule has 1 heterocycles. The third-order valence-corrected chi connectivity index (χ3v) is 6.75. The van der Waals surface area contributed by atoms with Crippen molar-refractivity contribution in [3.8, 4) is 5.75 Å². The zero-order valence-corrected chi connectivity index (χ0v) is 17.5. The lowest BCUT2D eigenvalue weighted by molar-refractivity contribution is 0.247. The van der Waals surface area contributed by atoms with Crippen LogP contribution in [0.5, 0.6) is 5.75 Å². The number of amides is 2. The van der Waals surface area contributed by atoms with Crippen molar-refractivity contribution in [1.82, 2.24) is 14.9 Å². The van der Waals surface area contributed by atoms with Crippen molar-refractivity contribution in [3.05, 3.63) is 18.2 Å². The van der Waals surface area contributed by atoms with Crippen molar-refractivity contribution < 1.29 is 17.9 Å². The Labute approximate surface area is 167 Å². The van der Waals surface area contributed by atoms with Crippen LogP contribution in [-0.2, 0) is 10.0 Å². The van der Waals surface area contributed by atoms with E-state index in [0.29, 0.717) is 29.9 Å². The van der Waals surface area contributed by atoms with Gasteiger partial charge in [0, 0.05) is 25.2 Å². The molecule has 9 heteroatoms. The maximum Gasteiger partial charge on any atom is 0.319 e.